The number of nitrogens with zero attached hydrogens (tertiary/aromatic N) is 2. The fourth-order valence-electron chi connectivity index (χ4n) is 1.66. The molecule has 0 amide bonds. The van der Waals surface area contributed by atoms with E-state index in [0.29, 0.717) is 12.3 Å². The van der Waals surface area contributed by atoms with Crippen LogP contribution in [0.25, 0.3) is 0 Å². The zero-order valence-electron chi connectivity index (χ0n) is 10.6. The van der Waals surface area contributed by atoms with Gasteiger partial charge in [-0.05, 0) is 32.5 Å². The molecule has 0 radical (unpaired) electrons. The van der Waals surface area contributed by atoms with Gasteiger partial charge in [0.25, 0.3) is 0 Å². The van der Waals surface area contributed by atoms with Crippen LogP contribution in [-0.4, -0.2) is 29.5 Å². The Bertz CT molecular complexity index is 359. The number of rotatable bonds is 6. The molecule has 1 aromatic rings. The highest BCUT2D eigenvalue weighted by Crippen LogP contribution is 2.06. The molecule has 0 fully saturated rings. The van der Waals surface area contributed by atoms with Gasteiger partial charge in [0.1, 0.15) is 5.84 Å². The lowest BCUT2D eigenvalue weighted by atomic mass is 10.1. The quantitative estimate of drug-likeness (QED) is 0.343. The fourth-order valence-corrected chi connectivity index (χ4v) is 1.66. The number of benzene rings is 1. The van der Waals surface area contributed by atoms with E-state index < -0.39 is 0 Å². The van der Waals surface area contributed by atoms with Gasteiger partial charge in [-0.2, -0.15) is 0 Å². The maximum absolute atomic E-state index is 8.41. The molecular formula is C13H21N3O. The van der Waals surface area contributed by atoms with Crippen LogP contribution in [0.4, 0.5) is 0 Å². The second-order valence-corrected chi connectivity index (χ2v) is 4.42. The number of nitrogens with two attached hydrogens (primary N) is 1. The van der Waals surface area contributed by atoms with Gasteiger partial charge >= 0.3 is 0 Å². The molecule has 0 aromatic heterocycles. The molecule has 0 aliphatic heterocycles. The summed E-state index contributed by atoms with van der Waals surface area (Å²) in [5.41, 5.74) is 8.00. The van der Waals surface area contributed by atoms with Crippen LogP contribution in [0.1, 0.15) is 24.0 Å². The van der Waals surface area contributed by atoms with Crippen molar-refractivity contribution in [1.29, 1.82) is 0 Å². The minimum atomic E-state index is 0.300. The molecule has 0 atom stereocenters. The van der Waals surface area contributed by atoms with E-state index in [9.17, 15) is 0 Å². The Balaban J connectivity index is 2.29. The normalized spacial score (nSPS) is 12.1. The second kappa shape index (κ2) is 6.91. The third kappa shape index (κ3) is 5.36. The Labute approximate surface area is 103 Å². The molecule has 0 aliphatic carbocycles. The maximum Gasteiger partial charge on any atom is 0.139 e. The first-order valence-electron chi connectivity index (χ1n) is 5.82. The standard InChI is InChI=1S/C13H21N3O/c1-11-5-7-12(8-6-11)10-16(2)9-3-4-13(14)15-17/h5-8,17H,3-4,9-10H2,1-2H3,(H2,14,15). The number of oxime groups is 1. The predicted octanol–water partition coefficient (Wildman–Crippen LogP) is 1.95. The van der Waals surface area contributed by atoms with Crippen LogP contribution >= 0.6 is 0 Å². The highest BCUT2D eigenvalue weighted by Gasteiger charge is 2.01. The van der Waals surface area contributed by atoms with Crippen LogP contribution in [0.5, 0.6) is 0 Å². The van der Waals surface area contributed by atoms with Crippen molar-refractivity contribution in [1.82, 2.24) is 4.90 Å². The van der Waals surface area contributed by atoms with E-state index in [1.165, 1.54) is 11.1 Å². The van der Waals surface area contributed by atoms with E-state index in [0.717, 1.165) is 19.5 Å². The molecule has 3 N–H and O–H groups in total. The lowest BCUT2D eigenvalue weighted by molar-refractivity contribution is 0.311. The van der Waals surface area contributed by atoms with Gasteiger partial charge in [-0.3, -0.25) is 0 Å². The molecule has 0 heterocycles. The van der Waals surface area contributed by atoms with Gasteiger partial charge in [0, 0.05) is 13.0 Å². The van der Waals surface area contributed by atoms with Crippen LogP contribution in [0, 0.1) is 6.92 Å². The van der Waals surface area contributed by atoms with Crippen LogP contribution in [0.15, 0.2) is 29.4 Å². The monoisotopic (exact) mass is 235 g/mol. The van der Waals surface area contributed by atoms with E-state index >= 15 is 0 Å². The number of aryl methyl sites for hydroxylation is 1. The van der Waals surface area contributed by atoms with E-state index in [4.69, 9.17) is 10.9 Å². The van der Waals surface area contributed by atoms with Crippen molar-refractivity contribution in [2.75, 3.05) is 13.6 Å². The van der Waals surface area contributed by atoms with Crippen molar-refractivity contribution < 1.29 is 5.21 Å². The first-order chi connectivity index (χ1) is 8.11. The number of amidine groups is 1. The minimum absolute atomic E-state index is 0.300. The Morgan fingerprint density at radius 3 is 2.59 bits per heavy atom. The lowest BCUT2D eigenvalue weighted by Crippen LogP contribution is -2.21. The van der Waals surface area contributed by atoms with Crippen molar-refractivity contribution in [2.45, 2.75) is 26.3 Å². The Morgan fingerprint density at radius 1 is 1.35 bits per heavy atom. The van der Waals surface area contributed by atoms with Gasteiger partial charge < -0.3 is 15.8 Å². The minimum Gasteiger partial charge on any atom is -0.409 e. The Kier molecular flexibility index (Phi) is 5.49. The Hall–Kier alpha value is -1.55. The molecule has 1 rings (SSSR count). The Morgan fingerprint density at radius 2 is 2.00 bits per heavy atom. The molecule has 0 spiro atoms. The third-order valence-corrected chi connectivity index (χ3v) is 2.67. The van der Waals surface area contributed by atoms with Gasteiger partial charge in [0.2, 0.25) is 0 Å². The number of hydrogen-bond acceptors (Lipinski definition) is 3. The summed E-state index contributed by atoms with van der Waals surface area (Å²) in [6, 6.07) is 8.55. The van der Waals surface area contributed by atoms with Crippen LogP contribution in [0.3, 0.4) is 0 Å². The van der Waals surface area contributed by atoms with Crippen LogP contribution < -0.4 is 5.73 Å². The van der Waals surface area contributed by atoms with E-state index in [1.54, 1.807) is 0 Å². The molecular weight excluding hydrogens is 214 g/mol. The largest absolute Gasteiger partial charge is 0.409 e. The summed E-state index contributed by atoms with van der Waals surface area (Å²) >= 11 is 0. The zero-order valence-corrected chi connectivity index (χ0v) is 10.6. The molecule has 1 aromatic carbocycles. The smallest absolute Gasteiger partial charge is 0.139 e. The van der Waals surface area contributed by atoms with E-state index in [1.807, 2.05) is 0 Å². The molecule has 0 unspecified atom stereocenters. The fraction of sp³-hybridized carbons (Fsp3) is 0.462. The topological polar surface area (TPSA) is 61.8 Å². The SMILES string of the molecule is Cc1ccc(CN(C)CCC/C(N)=N/O)cc1. The molecule has 0 bridgehead atoms. The van der Waals surface area contributed by atoms with Crippen molar-refractivity contribution in [3.63, 3.8) is 0 Å². The molecule has 0 aliphatic rings. The summed E-state index contributed by atoms with van der Waals surface area (Å²) in [6.45, 7) is 3.95. The number of hydrogen-bond donors (Lipinski definition) is 2. The highest BCUT2D eigenvalue weighted by atomic mass is 16.4. The average Bonchev–Trinajstić information content (AvgIpc) is 2.32. The molecule has 0 saturated carbocycles. The molecule has 4 nitrogen and oxygen atoms in total. The summed E-state index contributed by atoms with van der Waals surface area (Å²) < 4.78 is 0. The van der Waals surface area contributed by atoms with Crippen molar-refractivity contribution >= 4 is 5.84 Å². The van der Waals surface area contributed by atoms with Gasteiger partial charge in [-0.1, -0.05) is 35.0 Å². The predicted molar refractivity (Wildman–Crippen MR) is 70.2 cm³/mol. The van der Waals surface area contributed by atoms with Gasteiger partial charge in [0.15, 0.2) is 0 Å². The summed E-state index contributed by atoms with van der Waals surface area (Å²) in [5.74, 6) is 0.300. The summed E-state index contributed by atoms with van der Waals surface area (Å²) in [5, 5.41) is 11.4. The van der Waals surface area contributed by atoms with Crippen LogP contribution in [0.2, 0.25) is 0 Å². The summed E-state index contributed by atoms with van der Waals surface area (Å²) in [4.78, 5) is 2.23. The van der Waals surface area contributed by atoms with E-state index in [-0.39, 0.29) is 0 Å². The van der Waals surface area contributed by atoms with Gasteiger partial charge in [0.05, 0.1) is 0 Å². The third-order valence-electron chi connectivity index (χ3n) is 2.67. The zero-order chi connectivity index (χ0) is 12.7. The van der Waals surface area contributed by atoms with Crippen LogP contribution in [-0.2, 0) is 6.54 Å². The highest BCUT2D eigenvalue weighted by molar-refractivity contribution is 5.79. The maximum atomic E-state index is 8.41. The molecule has 4 heteroatoms. The van der Waals surface area contributed by atoms with Crippen molar-refractivity contribution in [3.8, 4) is 0 Å². The molecule has 0 saturated heterocycles. The average molecular weight is 235 g/mol. The second-order valence-electron chi connectivity index (χ2n) is 4.42. The summed E-state index contributed by atoms with van der Waals surface area (Å²) in [7, 11) is 2.08. The van der Waals surface area contributed by atoms with E-state index in [2.05, 4.69) is 48.3 Å². The molecule has 94 valence electrons. The first kappa shape index (κ1) is 13.5. The van der Waals surface area contributed by atoms with Gasteiger partial charge in [-0.15, -0.1) is 0 Å². The van der Waals surface area contributed by atoms with Gasteiger partial charge in [-0.25, -0.2) is 0 Å². The lowest BCUT2D eigenvalue weighted by Gasteiger charge is -2.16. The first-order valence-corrected chi connectivity index (χ1v) is 5.82. The van der Waals surface area contributed by atoms with Crippen molar-refractivity contribution in [3.05, 3.63) is 35.4 Å². The summed E-state index contributed by atoms with van der Waals surface area (Å²) in [6.07, 6.45) is 1.53. The molecule has 17 heavy (non-hydrogen) atoms. The van der Waals surface area contributed by atoms with Crippen molar-refractivity contribution in [2.24, 2.45) is 10.9 Å².